The normalized spacial score (nSPS) is 45.3. The molecule has 0 bridgehead atoms. The van der Waals surface area contributed by atoms with Crippen molar-refractivity contribution in [3.05, 3.63) is 11.6 Å². The van der Waals surface area contributed by atoms with Crippen LogP contribution in [0.3, 0.4) is 0 Å². The van der Waals surface area contributed by atoms with E-state index in [-0.39, 0.29) is 6.10 Å². The van der Waals surface area contributed by atoms with Gasteiger partial charge >= 0.3 is 0 Å². The van der Waals surface area contributed by atoms with Crippen LogP contribution >= 0.6 is 0 Å². The van der Waals surface area contributed by atoms with Crippen LogP contribution in [0.1, 0.15) is 112 Å². The SMILES string of the molecule is CCC(CCC(C)[C@@H]1CC[C@H]2[C@H]3CC=C4CC(O)CC[C@]4(C)[C@@H]3CC[C@]12C)C(C)C. The Labute approximate surface area is 187 Å². The van der Waals surface area contributed by atoms with E-state index in [0.717, 1.165) is 54.3 Å². The summed E-state index contributed by atoms with van der Waals surface area (Å²) < 4.78 is 0. The third-order valence-electron chi connectivity index (χ3n) is 11.3. The quantitative estimate of drug-likeness (QED) is 0.436. The van der Waals surface area contributed by atoms with E-state index in [9.17, 15) is 5.11 Å². The Kier molecular flexibility index (Phi) is 6.53. The van der Waals surface area contributed by atoms with Gasteiger partial charge in [-0.25, -0.2) is 0 Å². The van der Waals surface area contributed by atoms with Crippen LogP contribution in [-0.4, -0.2) is 11.2 Å². The zero-order valence-corrected chi connectivity index (χ0v) is 20.9. The van der Waals surface area contributed by atoms with Gasteiger partial charge in [0.25, 0.3) is 0 Å². The molecule has 0 radical (unpaired) electrons. The second kappa shape index (κ2) is 8.57. The predicted molar refractivity (Wildman–Crippen MR) is 128 cm³/mol. The van der Waals surface area contributed by atoms with Crippen molar-refractivity contribution in [3.63, 3.8) is 0 Å². The van der Waals surface area contributed by atoms with E-state index in [1.807, 2.05) is 0 Å². The molecule has 0 amide bonds. The molecule has 3 unspecified atom stereocenters. The fourth-order valence-electron chi connectivity index (χ4n) is 9.30. The number of hydrogen-bond donors (Lipinski definition) is 1. The minimum atomic E-state index is -0.0794. The summed E-state index contributed by atoms with van der Waals surface area (Å²) in [7, 11) is 0. The van der Waals surface area contributed by atoms with Crippen LogP contribution in [0.5, 0.6) is 0 Å². The van der Waals surface area contributed by atoms with Gasteiger partial charge in [-0.3, -0.25) is 0 Å². The van der Waals surface area contributed by atoms with E-state index >= 15 is 0 Å². The van der Waals surface area contributed by atoms with Crippen molar-refractivity contribution in [2.75, 3.05) is 0 Å². The standard InChI is InChI=1S/C29H50O/c1-7-21(19(2)3)9-8-20(4)25-12-13-26-24-11-10-22-18-23(30)14-16-28(22,5)27(24)15-17-29(25,26)6/h10,19-21,23-27,30H,7-9,11-18H2,1-6H3/t20?,21?,23?,24-,25+,26+,27-,28+,29-/m1/s1. The maximum atomic E-state index is 10.2. The molecule has 0 aromatic heterocycles. The second-order valence-corrected chi connectivity index (χ2v) is 12.9. The molecule has 3 fully saturated rings. The number of fused-ring (bicyclic) bond motifs is 5. The van der Waals surface area contributed by atoms with E-state index in [1.165, 1.54) is 57.8 Å². The molecule has 4 aliphatic rings. The highest BCUT2D eigenvalue weighted by Gasteiger charge is 2.59. The monoisotopic (exact) mass is 414 g/mol. The molecule has 0 aliphatic heterocycles. The topological polar surface area (TPSA) is 20.2 Å². The van der Waals surface area contributed by atoms with E-state index in [2.05, 4.69) is 47.6 Å². The summed E-state index contributed by atoms with van der Waals surface area (Å²) >= 11 is 0. The van der Waals surface area contributed by atoms with Gasteiger partial charge < -0.3 is 5.11 Å². The van der Waals surface area contributed by atoms with Gasteiger partial charge in [-0.2, -0.15) is 0 Å². The first-order valence-electron chi connectivity index (χ1n) is 13.6. The lowest BCUT2D eigenvalue weighted by atomic mass is 9.47. The van der Waals surface area contributed by atoms with Crippen molar-refractivity contribution in [1.29, 1.82) is 0 Å². The van der Waals surface area contributed by atoms with E-state index in [4.69, 9.17) is 0 Å². The summed E-state index contributed by atoms with van der Waals surface area (Å²) in [4.78, 5) is 0. The van der Waals surface area contributed by atoms with Crippen molar-refractivity contribution in [2.45, 2.75) is 118 Å². The summed E-state index contributed by atoms with van der Waals surface area (Å²) in [6.45, 7) is 15.1. The average Bonchev–Trinajstić information content (AvgIpc) is 3.06. The van der Waals surface area contributed by atoms with Crippen molar-refractivity contribution >= 4 is 0 Å². The zero-order chi connectivity index (χ0) is 21.7. The molecule has 4 rings (SSSR count). The van der Waals surface area contributed by atoms with Gasteiger partial charge in [-0.05, 0) is 110 Å². The van der Waals surface area contributed by atoms with Crippen LogP contribution in [0.15, 0.2) is 11.6 Å². The van der Waals surface area contributed by atoms with E-state index in [0.29, 0.717) is 10.8 Å². The molecule has 9 atom stereocenters. The molecular weight excluding hydrogens is 364 g/mol. The zero-order valence-electron chi connectivity index (χ0n) is 20.9. The lowest BCUT2D eigenvalue weighted by molar-refractivity contribution is -0.0575. The number of rotatable bonds is 6. The molecular formula is C29H50O. The Morgan fingerprint density at radius 1 is 1.00 bits per heavy atom. The summed E-state index contributed by atoms with van der Waals surface area (Å²) in [5, 5.41) is 10.2. The molecule has 1 N–H and O–H groups in total. The molecule has 1 heteroatoms. The minimum absolute atomic E-state index is 0.0794. The molecule has 0 spiro atoms. The summed E-state index contributed by atoms with van der Waals surface area (Å²) in [6.07, 6.45) is 17.1. The maximum absolute atomic E-state index is 10.2. The van der Waals surface area contributed by atoms with Gasteiger partial charge in [0.1, 0.15) is 0 Å². The van der Waals surface area contributed by atoms with E-state index in [1.54, 1.807) is 5.57 Å². The van der Waals surface area contributed by atoms with Gasteiger partial charge in [-0.15, -0.1) is 0 Å². The highest BCUT2D eigenvalue weighted by atomic mass is 16.3. The third kappa shape index (κ3) is 3.74. The van der Waals surface area contributed by atoms with Gasteiger partial charge in [0, 0.05) is 0 Å². The van der Waals surface area contributed by atoms with Gasteiger partial charge in [0.2, 0.25) is 0 Å². The van der Waals surface area contributed by atoms with Crippen molar-refractivity contribution in [2.24, 2.45) is 52.3 Å². The lowest BCUT2D eigenvalue weighted by Gasteiger charge is -2.58. The fourth-order valence-corrected chi connectivity index (χ4v) is 9.30. The fraction of sp³-hybridized carbons (Fsp3) is 0.931. The first-order chi connectivity index (χ1) is 14.2. The first kappa shape index (κ1) is 22.9. The summed E-state index contributed by atoms with van der Waals surface area (Å²) in [5.41, 5.74) is 2.59. The summed E-state index contributed by atoms with van der Waals surface area (Å²) in [6, 6.07) is 0. The van der Waals surface area contributed by atoms with Crippen LogP contribution in [0.2, 0.25) is 0 Å². The molecule has 30 heavy (non-hydrogen) atoms. The molecule has 4 aliphatic carbocycles. The number of aliphatic hydroxyl groups is 1. The van der Waals surface area contributed by atoms with Crippen molar-refractivity contribution in [1.82, 2.24) is 0 Å². The predicted octanol–water partition coefficient (Wildman–Crippen LogP) is 8.02. The third-order valence-corrected chi connectivity index (χ3v) is 11.3. The molecule has 3 saturated carbocycles. The maximum Gasteiger partial charge on any atom is 0.0577 e. The van der Waals surface area contributed by atoms with Crippen LogP contribution in [0.4, 0.5) is 0 Å². The van der Waals surface area contributed by atoms with E-state index < -0.39 is 0 Å². The summed E-state index contributed by atoms with van der Waals surface area (Å²) in [5.74, 6) is 6.31. The number of hydrogen-bond acceptors (Lipinski definition) is 1. The van der Waals surface area contributed by atoms with Crippen LogP contribution in [0, 0.1) is 52.3 Å². The largest absolute Gasteiger partial charge is 0.393 e. The highest BCUT2D eigenvalue weighted by Crippen LogP contribution is 2.67. The lowest BCUT2D eigenvalue weighted by Crippen LogP contribution is -2.50. The van der Waals surface area contributed by atoms with Gasteiger partial charge in [-0.1, -0.05) is 66.0 Å². The Balaban J connectivity index is 1.47. The number of aliphatic hydroxyl groups excluding tert-OH is 1. The molecule has 172 valence electrons. The van der Waals surface area contributed by atoms with Crippen LogP contribution in [-0.2, 0) is 0 Å². The van der Waals surface area contributed by atoms with Crippen LogP contribution < -0.4 is 0 Å². The Hall–Kier alpha value is -0.300. The van der Waals surface area contributed by atoms with Crippen molar-refractivity contribution < 1.29 is 5.11 Å². The minimum Gasteiger partial charge on any atom is -0.393 e. The first-order valence-corrected chi connectivity index (χ1v) is 13.6. The number of allylic oxidation sites excluding steroid dienone is 1. The molecule has 0 aromatic carbocycles. The van der Waals surface area contributed by atoms with Gasteiger partial charge in [0.15, 0.2) is 0 Å². The smallest absolute Gasteiger partial charge is 0.0577 e. The second-order valence-electron chi connectivity index (χ2n) is 12.9. The molecule has 0 heterocycles. The van der Waals surface area contributed by atoms with Crippen molar-refractivity contribution in [3.8, 4) is 0 Å². The molecule has 0 saturated heterocycles. The van der Waals surface area contributed by atoms with Crippen LogP contribution in [0.25, 0.3) is 0 Å². The average molecular weight is 415 g/mol. The Morgan fingerprint density at radius 3 is 2.47 bits per heavy atom. The Morgan fingerprint density at radius 2 is 1.77 bits per heavy atom. The molecule has 1 nitrogen and oxygen atoms in total. The highest BCUT2D eigenvalue weighted by molar-refractivity contribution is 5.25. The van der Waals surface area contributed by atoms with Gasteiger partial charge in [0.05, 0.1) is 6.10 Å². The Bertz CT molecular complexity index is 634. The molecule has 0 aromatic rings.